The van der Waals surface area contributed by atoms with Crippen LogP contribution in [-0.2, 0) is 0 Å². The van der Waals surface area contributed by atoms with Crippen LogP contribution in [0, 0.1) is 11.8 Å². The third-order valence-corrected chi connectivity index (χ3v) is 4.57. The van der Waals surface area contributed by atoms with Crippen molar-refractivity contribution >= 4 is 11.3 Å². The fourth-order valence-electron chi connectivity index (χ4n) is 2.72. The van der Waals surface area contributed by atoms with Gasteiger partial charge in [0.25, 0.3) is 0 Å². The molecular weight excluding hydrogens is 216 g/mol. The average molecular weight is 238 g/mol. The molecule has 1 N–H and O–H groups in total. The highest BCUT2D eigenvalue weighted by Gasteiger charge is 2.27. The van der Waals surface area contributed by atoms with Crippen molar-refractivity contribution < 1.29 is 0 Å². The van der Waals surface area contributed by atoms with Gasteiger partial charge in [-0.3, -0.25) is 4.98 Å². The number of thiazole rings is 1. The molecule has 1 aromatic heterocycles. The van der Waals surface area contributed by atoms with Gasteiger partial charge in [0.1, 0.15) is 0 Å². The van der Waals surface area contributed by atoms with Crippen LogP contribution >= 0.6 is 11.3 Å². The summed E-state index contributed by atoms with van der Waals surface area (Å²) in [7, 11) is 0. The van der Waals surface area contributed by atoms with Gasteiger partial charge < -0.3 is 5.32 Å². The molecule has 2 nitrogen and oxygen atoms in total. The molecule has 1 aliphatic rings. The quantitative estimate of drug-likeness (QED) is 0.866. The third kappa shape index (κ3) is 2.83. The van der Waals surface area contributed by atoms with Gasteiger partial charge in [0.15, 0.2) is 0 Å². The zero-order chi connectivity index (χ0) is 11.4. The average Bonchev–Trinajstić information content (AvgIpc) is 2.81. The summed E-state index contributed by atoms with van der Waals surface area (Å²) in [5, 5.41) is 3.64. The van der Waals surface area contributed by atoms with Crippen LogP contribution in [0.3, 0.4) is 0 Å². The van der Waals surface area contributed by atoms with Gasteiger partial charge in [-0.2, -0.15) is 0 Å². The zero-order valence-corrected chi connectivity index (χ0v) is 11.1. The molecule has 90 valence electrons. The minimum absolute atomic E-state index is 0.546. The van der Waals surface area contributed by atoms with Crippen LogP contribution in [-0.4, -0.2) is 11.5 Å². The van der Waals surface area contributed by atoms with Crippen LogP contribution in [0.25, 0.3) is 0 Å². The highest BCUT2D eigenvalue weighted by Crippen LogP contribution is 2.37. The highest BCUT2D eigenvalue weighted by molar-refractivity contribution is 7.09. The molecule has 0 saturated heterocycles. The van der Waals surface area contributed by atoms with Gasteiger partial charge in [-0.05, 0) is 31.2 Å². The lowest BCUT2D eigenvalue weighted by Gasteiger charge is -2.32. The van der Waals surface area contributed by atoms with E-state index in [1.54, 1.807) is 11.3 Å². The van der Waals surface area contributed by atoms with Crippen molar-refractivity contribution in [1.29, 1.82) is 0 Å². The molecule has 0 radical (unpaired) electrons. The van der Waals surface area contributed by atoms with E-state index in [1.807, 2.05) is 11.7 Å². The molecule has 2 rings (SSSR count). The summed E-state index contributed by atoms with van der Waals surface area (Å²) in [6.07, 6.45) is 7.57. The second-order valence-corrected chi connectivity index (χ2v) is 5.88. The molecule has 1 aromatic rings. The van der Waals surface area contributed by atoms with E-state index in [1.165, 1.54) is 30.6 Å². The minimum atomic E-state index is 0.546. The number of hydrogen-bond acceptors (Lipinski definition) is 3. The lowest BCUT2D eigenvalue weighted by Crippen LogP contribution is -2.30. The van der Waals surface area contributed by atoms with Crippen LogP contribution in [0.2, 0.25) is 0 Å². The van der Waals surface area contributed by atoms with Crippen molar-refractivity contribution in [2.75, 3.05) is 6.54 Å². The molecule has 0 bridgehead atoms. The van der Waals surface area contributed by atoms with Gasteiger partial charge in [0.2, 0.25) is 0 Å². The van der Waals surface area contributed by atoms with Gasteiger partial charge in [-0.1, -0.05) is 26.7 Å². The maximum atomic E-state index is 4.21. The van der Waals surface area contributed by atoms with Gasteiger partial charge in [0, 0.05) is 17.1 Å². The first-order valence-electron chi connectivity index (χ1n) is 6.43. The van der Waals surface area contributed by atoms with Crippen molar-refractivity contribution in [2.45, 2.75) is 45.6 Å². The Morgan fingerprint density at radius 1 is 1.44 bits per heavy atom. The van der Waals surface area contributed by atoms with Crippen LogP contribution in [0.4, 0.5) is 0 Å². The maximum Gasteiger partial charge on any atom is 0.0794 e. The second-order valence-electron chi connectivity index (χ2n) is 4.96. The van der Waals surface area contributed by atoms with E-state index in [0.29, 0.717) is 6.04 Å². The first-order valence-corrected chi connectivity index (χ1v) is 7.31. The normalized spacial score (nSPS) is 27.9. The Morgan fingerprint density at radius 2 is 2.19 bits per heavy atom. The van der Waals surface area contributed by atoms with Crippen molar-refractivity contribution in [3.8, 4) is 0 Å². The summed E-state index contributed by atoms with van der Waals surface area (Å²) in [4.78, 5) is 5.63. The van der Waals surface area contributed by atoms with E-state index in [-0.39, 0.29) is 0 Å². The fraction of sp³-hybridized carbons (Fsp3) is 0.769. The topological polar surface area (TPSA) is 24.9 Å². The minimum Gasteiger partial charge on any atom is -0.309 e. The Kier molecular flexibility index (Phi) is 4.36. The molecule has 3 heteroatoms. The molecule has 16 heavy (non-hydrogen) atoms. The number of rotatable bonds is 4. The van der Waals surface area contributed by atoms with Gasteiger partial charge >= 0.3 is 0 Å². The SMILES string of the molecule is CCNC(c1cncs1)C1CCC(C)CC1. The molecule has 1 unspecified atom stereocenters. The van der Waals surface area contributed by atoms with Crippen LogP contribution in [0.1, 0.15) is 50.4 Å². The van der Waals surface area contributed by atoms with Gasteiger partial charge in [0.05, 0.1) is 5.51 Å². The predicted molar refractivity (Wildman–Crippen MR) is 69.7 cm³/mol. The van der Waals surface area contributed by atoms with Crippen molar-refractivity contribution in [3.05, 3.63) is 16.6 Å². The second kappa shape index (κ2) is 5.78. The zero-order valence-electron chi connectivity index (χ0n) is 10.3. The molecule has 0 spiro atoms. The molecule has 0 aliphatic heterocycles. The summed E-state index contributed by atoms with van der Waals surface area (Å²) < 4.78 is 0. The summed E-state index contributed by atoms with van der Waals surface area (Å²) in [6.45, 7) is 5.62. The Hall–Kier alpha value is -0.410. The molecule has 0 amide bonds. The number of nitrogens with one attached hydrogen (secondary N) is 1. The molecule has 1 heterocycles. The lowest BCUT2D eigenvalue weighted by atomic mass is 9.79. The van der Waals surface area contributed by atoms with E-state index in [2.05, 4.69) is 24.1 Å². The van der Waals surface area contributed by atoms with E-state index in [0.717, 1.165) is 18.4 Å². The van der Waals surface area contributed by atoms with Crippen LogP contribution in [0.15, 0.2) is 11.7 Å². The summed E-state index contributed by atoms with van der Waals surface area (Å²) in [5.41, 5.74) is 1.95. The first kappa shape index (κ1) is 12.1. The Labute approximate surface area is 102 Å². The molecule has 1 atom stereocenters. The van der Waals surface area contributed by atoms with Crippen molar-refractivity contribution in [2.24, 2.45) is 11.8 Å². The molecule has 0 aromatic carbocycles. The number of hydrogen-bond donors (Lipinski definition) is 1. The summed E-state index contributed by atoms with van der Waals surface area (Å²) in [6, 6.07) is 0.546. The third-order valence-electron chi connectivity index (χ3n) is 3.71. The molecular formula is C13H22N2S. The first-order chi connectivity index (χ1) is 7.81. The van der Waals surface area contributed by atoms with Crippen LogP contribution < -0.4 is 5.32 Å². The largest absolute Gasteiger partial charge is 0.309 e. The summed E-state index contributed by atoms with van der Waals surface area (Å²) >= 11 is 1.79. The fourth-order valence-corrected chi connectivity index (χ4v) is 3.51. The summed E-state index contributed by atoms with van der Waals surface area (Å²) in [5.74, 6) is 1.75. The van der Waals surface area contributed by atoms with Gasteiger partial charge in [-0.15, -0.1) is 11.3 Å². The Morgan fingerprint density at radius 3 is 2.75 bits per heavy atom. The smallest absolute Gasteiger partial charge is 0.0794 e. The molecule has 1 saturated carbocycles. The van der Waals surface area contributed by atoms with Gasteiger partial charge in [-0.25, -0.2) is 0 Å². The van der Waals surface area contributed by atoms with E-state index < -0.39 is 0 Å². The highest BCUT2D eigenvalue weighted by atomic mass is 32.1. The predicted octanol–water partition coefficient (Wildman–Crippen LogP) is 3.62. The van der Waals surface area contributed by atoms with Crippen LogP contribution in [0.5, 0.6) is 0 Å². The monoisotopic (exact) mass is 238 g/mol. The number of aromatic nitrogens is 1. The lowest BCUT2D eigenvalue weighted by molar-refractivity contribution is 0.235. The molecule has 1 aliphatic carbocycles. The van der Waals surface area contributed by atoms with E-state index in [4.69, 9.17) is 0 Å². The maximum absolute atomic E-state index is 4.21. The van der Waals surface area contributed by atoms with E-state index in [9.17, 15) is 0 Å². The van der Waals surface area contributed by atoms with Crippen molar-refractivity contribution in [3.63, 3.8) is 0 Å². The van der Waals surface area contributed by atoms with Crippen molar-refractivity contribution in [1.82, 2.24) is 10.3 Å². The van der Waals surface area contributed by atoms with E-state index >= 15 is 0 Å². The molecule has 1 fully saturated rings. The number of nitrogens with zero attached hydrogens (tertiary/aromatic N) is 1. The Bertz CT molecular complexity index is 289. The standard InChI is InChI=1S/C13H22N2S/c1-3-15-13(12-8-14-9-16-12)11-6-4-10(2)5-7-11/h8-11,13,15H,3-7H2,1-2H3. The Balaban J connectivity index is 2.02.